The van der Waals surface area contributed by atoms with E-state index in [1.165, 1.54) is 32.4 Å². The van der Waals surface area contributed by atoms with Gasteiger partial charge in [0.1, 0.15) is 0 Å². The molecule has 0 saturated carbocycles. The van der Waals surface area contributed by atoms with Crippen LogP contribution in [0.2, 0.25) is 0 Å². The number of imidazole rings is 1. The molecule has 30 heavy (non-hydrogen) atoms. The molecule has 0 amide bonds. The van der Waals surface area contributed by atoms with Crippen molar-refractivity contribution in [1.82, 2.24) is 24.6 Å². The molecule has 0 spiro atoms. The molecule has 1 saturated heterocycles. The summed E-state index contributed by atoms with van der Waals surface area (Å²) in [6.07, 6.45) is 5.89. The summed E-state index contributed by atoms with van der Waals surface area (Å²) >= 11 is 0. The van der Waals surface area contributed by atoms with Gasteiger partial charge < -0.3 is 14.0 Å². The molecule has 0 aliphatic carbocycles. The van der Waals surface area contributed by atoms with Crippen LogP contribution < -0.4 is 0 Å². The van der Waals surface area contributed by atoms with Crippen LogP contribution in [0.4, 0.5) is 0 Å². The molecule has 7 nitrogen and oxygen atoms in total. The number of hydrogen-bond acceptors (Lipinski definition) is 6. The van der Waals surface area contributed by atoms with Crippen LogP contribution in [0.1, 0.15) is 24.8 Å². The summed E-state index contributed by atoms with van der Waals surface area (Å²) in [5, 5.41) is 13.1. The average Bonchev–Trinajstić information content (AvgIpc) is 3.45. The van der Waals surface area contributed by atoms with Crippen molar-refractivity contribution in [2.75, 3.05) is 19.6 Å². The summed E-state index contributed by atoms with van der Waals surface area (Å²) in [4.78, 5) is 11.6. The molecule has 0 N–H and O–H groups in total. The number of likely N-dealkylation sites (tertiary alicyclic amines) is 1. The van der Waals surface area contributed by atoms with Crippen molar-refractivity contribution in [2.45, 2.75) is 25.8 Å². The van der Waals surface area contributed by atoms with Crippen LogP contribution in [0.5, 0.6) is 0 Å². The number of rotatable bonds is 5. The molecule has 1 fully saturated rings. The number of fused-ring (bicyclic) bond motifs is 1. The number of nitriles is 1. The van der Waals surface area contributed by atoms with Crippen molar-refractivity contribution in [3.63, 3.8) is 0 Å². The van der Waals surface area contributed by atoms with E-state index in [2.05, 4.69) is 36.7 Å². The van der Waals surface area contributed by atoms with Gasteiger partial charge in [-0.25, -0.2) is 4.98 Å². The topological polar surface area (TPSA) is 83.8 Å². The summed E-state index contributed by atoms with van der Waals surface area (Å²) in [6, 6.07) is 15.3. The maximum absolute atomic E-state index is 8.93. The third-order valence-corrected chi connectivity index (χ3v) is 5.67. The Morgan fingerprint density at radius 3 is 2.57 bits per heavy atom. The third kappa shape index (κ3) is 3.70. The second-order valence-electron chi connectivity index (χ2n) is 7.66. The van der Waals surface area contributed by atoms with E-state index >= 15 is 0 Å². The highest BCUT2D eigenvalue weighted by Gasteiger charge is 2.14. The Morgan fingerprint density at radius 2 is 1.77 bits per heavy atom. The van der Waals surface area contributed by atoms with Gasteiger partial charge in [0.05, 0.1) is 29.0 Å². The van der Waals surface area contributed by atoms with Gasteiger partial charge in [0, 0.05) is 24.2 Å². The highest BCUT2D eigenvalue weighted by molar-refractivity contribution is 5.80. The number of hydrogen-bond donors (Lipinski definition) is 0. The highest BCUT2D eigenvalue weighted by Crippen LogP contribution is 2.25. The fourth-order valence-electron chi connectivity index (χ4n) is 3.96. The number of nitrogens with zero attached hydrogens (tertiary/aromatic N) is 6. The van der Waals surface area contributed by atoms with E-state index in [-0.39, 0.29) is 0 Å². The summed E-state index contributed by atoms with van der Waals surface area (Å²) < 4.78 is 7.64. The zero-order valence-electron chi connectivity index (χ0n) is 16.7. The zero-order chi connectivity index (χ0) is 20.3. The first-order valence-electron chi connectivity index (χ1n) is 10.3. The lowest BCUT2D eigenvalue weighted by molar-refractivity contribution is 0.221. The fourth-order valence-corrected chi connectivity index (χ4v) is 3.96. The lowest BCUT2D eigenvalue weighted by Crippen LogP contribution is -2.32. The van der Waals surface area contributed by atoms with Gasteiger partial charge in [-0.2, -0.15) is 10.2 Å². The summed E-state index contributed by atoms with van der Waals surface area (Å²) in [7, 11) is 0. The molecule has 2 aromatic heterocycles. The molecule has 150 valence electrons. The van der Waals surface area contributed by atoms with Crippen molar-refractivity contribution in [1.29, 1.82) is 5.26 Å². The fraction of sp³-hybridized carbons (Fsp3) is 0.304. The van der Waals surface area contributed by atoms with Gasteiger partial charge in [-0.1, -0.05) is 11.6 Å². The van der Waals surface area contributed by atoms with Crippen LogP contribution in [0, 0.1) is 11.3 Å². The number of benzene rings is 2. The van der Waals surface area contributed by atoms with E-state index in [9.17, 15) is 0 Å². The molecule has 2 aromatic carbocycles. The van der Waals surface area contributed by atoms with Crippen LogP contribution >= 0.6 is 0 Å². The normalized spacial score (nSPS) is 14.8. The smallest absolute Gasteiger partial charge is 0.258 e. The van der Waals surface area contributed by atoms with Crippen LogP contribution in [-0.4, -0.2) is 44.2 Å². The number of piperidine rings is 1. The van der Waals surface area contributed by atoms with Crippen LogP contribution in [0.15, 0.2) is 53.3 Å². The lowest BCUT2D eigenvalue weighted by Gasteiger charge is -2.26. The van der Waals surface area contributed by atoms with Crippen molar-refractivity contribution in [2.24, 2.45) is 0 Å². The van der Waals surface area contributed by atoms with Gasteiger partial charge in [0.15, 0.2) is 0 Å². The molecule has 1 aliphatic rings. The van der Waals surface area contributed by atoms with Crippen molar-refractivity contribution in [3.8, 4) is 28.9 Å². The Kier molecular flexibility index (Phi) is 4.99. The molecule has 0 atom stereocenters. The van der Waals surface area contributed by atoms with E-state index in [1.54, 1.807) is 12.1 Å². The molecule has 5 rings (SSSR count). The average molecular weight is 398 g/mol. The zero-order valence-corrected chi connectivity index (χ0v) is 16.7. The van der Waals surface area contributed by atoms with Gasteiger partial charge >= 0.3 is 0 Å². The molecule has 7 heteroatoms. The first-order valence-corrected chi connectivity index (χ1v) is 10.3. The minimum Gasteiger partial charge on any atom is -0.334 e. The second kappa shape index (κ2) is 8.09. The lowest BCUT2D eigenvalue weighted by atomic mass is 10.1. The Morgan fingerprint density at radius 1 is 0.967 bits per heavy atom. The first-order chi connectivity index (χ1) is 14.8. The maximum atomic E-state index is 8.93. The Hall–Kier alpha value is -3.50. The highest BCUT2D eigenvalue weighted by atomic mass is 16.5. The number of aromatic nitrogens is 4. The summed E-state index contributed by atoms with van der Waals surface area (Å²) in [5.74, 6) is 0.959. The molecule has 0 radical (unpaired) electrons. The van der Waals surface area contributed by atoms with Crippen molar-refractivity contribution in [3.05, 3.63) is 54.4 Å². The molecule has 0 bridgehead atoms. The molecule has 0 unspecified atom stereocenters. The predicted molar refractivity (Wildman–Crippen MR) is 113 cm³/mol. The van der Waals surface area contributed by atoms with Crippen molar-refractivity contribution < 1.29 is 4.52 Å². The molecule has 1 aliphatic heterocycles. The Balaban J connectivity index is 1.34. The van der Waals surface area contributed by atoms with Crippen LogP contribution in [0.25, 0.3) is 33.9 Å². The molecule has 3 heterocycles. The second-order valence-corrected chi connectivity index (χ2v) is 7.66. The predicted octanol–water partition coefficient (Wildman–Crippen LogP) is 4.11. The van der Waals surface area contributed by atoms with E-state index in [4.69, 9.17) is 9.78 Å². The Bertz CT molecular complexity index is 1190. The quantitative estimate of drug-likeness (QED) is 0.503. The Labute approximate surface area is 174 Å². The van der Waals surface area contributed by atoms with Crippen molar-refractivity contribution >= 4 is 11.0 Å². The van der Waals surface area contributed by atoms with Gasteiger partial charge in [0.25, 0.3) is 5.89 Å². The van der Waals surface area contributed by atoms with Gasteiger partial charge in [-0.15, -0.1) is 0 Å². The van der Waals surface area contributed by atoms with E-state index in [0.717, 1.165) is 35.2 Å². The minimum atomic E-state index is 0.432. The third-order valence-electron chi connectivity index (χ3n) is 5.67. The molecule has 4 aromatic rings. The van der Waals surface area contributed by atoms with Gasteiger partial charge in [-0.3, -0.25) is 0 Å². The monoisotopic (exact) mass is 398 g/mol. The minimum absolute atomic E-state index is 0.432. The van der Waals surface area contributed by atoms with Gasteiger partial charge in [0.2, 0.25) is 5.82 Å². The van der Waals surface area contributed by atoms with Crippen LogP contribution in [-0.2, 0) is 6.54 Å². The summed E-state index contributed by atoms with van der Waals surface area (Å²) in [6.45, 7) is 4.42. The van der Waals surface area contributed by atoms with Gasteiger partial charge in [-0.05, 0) is 68.4 Å². The molecular weight excluding hydrogens is 376 g/mol. The summed E-state index contributed by atoms with van der Waals surface area (Å²) in [5.41, 5.74) is 4.30. The largest absolute Gasteiger partial charge is 0.334 e. The van der Waals surface area contributed by atoms with E-state index in [1.807, 2.05) is 30.6 Å². The first kappa shape index (κ1) is 18.5. The van der Waals surface area contributed by atoms with Crippen LogP contribution in [0.3, 0.4) is 0 Å². The van der Waals surface area contributed by atoms with E-state index < -0.39 is 0 Å². The standard InChI is InChI=1S/C23H22N6O/c24-15-17-4-6-18(7-5-17)23-26-22(27-30-23)19-8-9-21-20(14-19)25-16-29(21)13-12-28-10-2-1-3-11-28/h4-9,14,16H,1-3,10-13H2. The SMILES string of the molecule is N#Cc1ccc(-c2nc(-c3ccc4c(c3)ncn4CCN3CCCCC3)no2)cc1. The molecular formula is C23H22N6O. The maximum Gasteiger partial charge on any atom is 0.258 e. The van der Waals surface area contributed by atoms with E-state index in [0.29, 0.717) is 17.3 Å².